The number of phenolic OH excluding ortho intramolecular Hbond substituents is 1. The molecule has 6 heteroatoms. The van der Waals surface area contributed by atoms with Gasteiger partial charge in [-0.05, 0) is 18.2 Å². The Morgan fingerprint density at radius 2 is 1.94 bits per heavy atom. The van der Waals surface area contributed by atoms with E-state index in [4.69, 9.17) is 4.84 Å². The molecule has 17 heavy (non-hydrogen) atoms. The van der Waals surface area contributed by atoms with Crippen molar-refractivity contribution >= 4 is 5.76 Å². The van der Waals surface area contributed by atoms with Gasteiger partial charge in [0, 0.05) is 7.05 Å². The van der Waals surface area contributed by atoms with E-state index in [0.29, 0.717) is 5.06 Å². The summed E-state index contributed by atoms with van der Waals surface area (Å²) in [6.07, 6.45) is -3.46. The van der Waals surface area contributed by atoms with Gasteiger partial charge in [-0.25, -0.2) is 0 Å². The van der Waals surface area contributed by atoms with Crippen molar-refractivity contribution in [1.82, 2.24) is 5.06 Å². The smallest absolute Gasteiger partial charge is 0.410 e. The number of nitrogens with zero attached hydrogens (tertiary/aromatic N) is 1. The van der Waals surface area contributed by atoms with E-state index in [1.165, 1.54) is 19.2 Å². The molecule has 1 unspecified atom stereocenters. The lowest BCUT2D eigenvalue weighted by Crippen LogP contribution is -2.37. The van der Waals surface area contributed by atoms with Crippen LogP contribution in [0, 0.1) is 0 Å². The monoisotopic (exact) mass is 245 g/mol. The lowest BCUT2D eigenvalue weighted by atomic mass is 10.1. The van der Waals surface area contributed by atoms with E-state index in [9.17, 15) is 18.3 Å². The summed E-state index contributed by atoms with van der Waals surface area (Å²) in [5.74, 6) is -0.108. The summed E-state index contributed by atoms with van der Waals surface area (Å²) < 4.78 is 37.7. The molecule has 0 bridgehead atoms. The molecule has 0 aliphatic carbocycles. The highest BCUT2D eigenvalue weighted by Gasteiger charge is 2.46. The summed E-state index contributed by atoms with van der Waals surface area (Å²) in [5.41, 5.74) is 0.242. The maximum Gasteiger partial charge on any atom is 0.410 e. The molecule has 0 amide bonds. The summed E-state index contributed by atoms with van der Waals surface area (Å²) in [6.45, 7) is 0. The molecule has 0 fully saturated rings. The Hall–Kier alpha value is -1.69. The maximum atomic E-state index is 12.6. The van der Waals surface area contributed by atoms with Gasteiger partial charge in [0.15, 0.2) is 11.8 Å². The molecular weight excluding hydrogens is 235 g/mol. The highest BCUT2D eigenvalue weighted by Crippen LogP contribution is 2.36. The summed E-state index contributed by atoms with van der Waals surface area (Å²) in [6, 6.07) is 4.28. The van der Waals surface area contributed by atoms with Gasteiger partial charge in [-0.15, -0.1) is 5.06 Å². The molecule has 1 aromatic carbocycles. The van der Waals surface area contributed by atoms with E-state index in [1.54, 1.807) is 12.1 Å². The van der Waals surface area contributed by atoms with Gasteiger partial charge in [0.2, 0.25) is 0 Å². The fraction of sp³-hybridized carbons (Fsp3) is 0.273. The first-order chi connectivity index (χ1) is 7.89. The molecule has 92 valence electrons. The van der Waals surface area contributed by atoms with Gasteiger partial charge in [-0.2, -0.15) is 13.2 Å². The molecule has 1 aliphatic heterocycles. The quantitative estimate of drug-likeness (QED) is 0.825. The number of phenols is 1. The highest BCUT2D eigenvalue weighted by atomic mass is 19.4. The Labute approximate surface area is 95.7 Å². The first-order valence-electron chi connectivity index (χ1n) is 4.87. The second kappa shape index (κ2) is 3.96. The summed E-state index contributed by atoms with van der Waals surface area (Å²) >= 11 is 0. The van der Waals surface area contributed by atoms with Crippen LogP contribution in [-0.4, -0.2) is 29.4 Å². The number of rotatable bonds is 1. The summed E-state index contributed by atoms with van der Waals surface area (Å²) in [5, 5.41) is 10.2. The van der Waals surface area contributed by atoms with Crippen LogP contribution >= 0.6 is 0 Å². The zero-order valence-corrected chi connectivity index (χ0v) is 8.90. The molecule has 0 spiro atoms. The van der Waals surface area contributed by atoms with Crippen LogP contribution in [0.25, 0.3) is 5.76 Å². The van der Waals surface area contributed by atoms with Gasteiger partial charge in [-0.3, -0.25) is 0 Å². The van der Waals surface area contributed by atoms with Crippen LogP contribution in [0.2, 0.25) is 0 Å². The Bertz CT molecular complexity index is 456. The van der Waals surface area contributed by atoms with Crippen molar-refractivity contribution in [1.29, 1.82) is 0 Å². The van der Waals surface area contributed by atoms with Crippen molar-refractivity contribution in [2.45, 2.75) is 12.2 Å². The van der Waals surface area contributed by atoms with Crippen molar-refractivity contribution in [3.05, 3.63) is 35.9 Å². The average Bonchev–Trinajstić information content (AvgIpc) is 2.60. The topological polar surface area (TPSA) is 32.7 Å². The predicted octanol–water partition coefficient (Wildman–Crippen LogP) is 2.54. The third-order valence-electron chi connectivity index (χ3n) is 2.45. The molecule has 0 aromatic heterocycles. The third-order valence-corrected chi connectivity index (χ3v) is 2.45. The Morgan fingerprint density at radius 1 is 1.29 bits per heavy atom. The minimum absolute atomic E-state index is 0.00734. The molecule has 1 N–H and O–H groups in total. The molecule has 0 radical (unpaired) electrons. The standard InChI is InChI=1S/C11H10F3NO2/c1-15-10(11(12,13)14)6-9(17-15)7-4-2-3-5-8(7)16/h2-6,10,16H,1H3. The highest BCUT2D eigenvalue weighted by molar-refractivity contribution is 5.66. The number of likely N-dealkylation sites (N-methyl/N-ethyl adjacent to an activating group) is 1. The van der Waals surface area contributed by atoms with Gasteiger partial charge >= 0.3 is 6.18 Å². The van der Waals surface area contributed by atoms with Gasteiger partial charge in [0.1, 0.15) is 5.75 Å². The van der Waals surface area contributed by atoms with Crippen molar-refractivity contribution in [3.8, 4) is 5.75 Å². The van der Waals surface area contributed by atoms with E-state index >= 15 is 0 Å². The molecule has 0 saturated carbocycles. The number of hydrogen-bond acceptors (Lipinski definition) is 3. The molecular formula is C11H10F3NO2. The Morgan fingerprint density at radius 3 is 2.47 bits per heavy atom. The second-order valence-corrected chi connectivity index (χ2v) is 3.67. The lowest BCUT2D eigenvalue weighted by molar-refractivity contribution is -0.213. The minimum atomic E-state index is -4.40. The molecule has 1 aromatic rings. The molecule has 0 saturated heterocycles. The first kappa shape index (κ1) is 11.8. The Kier molecular flexibility index (Phi) is 2.74. The summed E-state index contributed by atoms with van der Waals surface area (Å²) in [7, 11) is 1.20. The average molecular weight is 245 g/mol. The third kappa shape index (κ3) is 2.21. The van der Waals surface area contributed by atoms with Crippen LogP contribution in [-0.2, 0) is 4.84 Å². The molecule has 1 heterocycles. The largest absolute Gasteiger partial charge is 0.507 e. The van der Waals surface area contributed by atoms with Crippen LogP contribution in [0.5, 0.6) is 5.75 Å². The zero-order valence-electron chi connectivity index (χ0n) is 8.90. The fourth-order valence-corrected chi connectivity index (χ4v) is 1.61. The van der Waals surface area contributed by atoms with Gasteiger partial charge in [0.25, 0.3) is 0 Å². The SMILES string of the molecule is CN1OC(c2ccccc2O)=CC1C(F)(F)F. The van der Waals surface area contributed by atoms with Gasteiger partial charge in [-0.1, -0.05) is 12.1 Å². The van der Waals surface area contributed by atoms with Crippen molar-refractivity contribution in [3.63, 3.8) is 0 Å². The first-order valence-corrected chi connectivity index (χ1v) is 4.87. The molecule has 3 nitrogen and oxygen atoms in total. The van der Waals surface area contributed by atoms with Crippen LogP contribution in [0.3, 0.4) is 0 Å². The van der Waals surface area contributed by atoms with Crippen molar-refractivity contribution < 1.29 is 23.1 Å². The van der Waals surface area contributed by atoms with E-state index in [2.05, 4.69) is 0 Å². The maximum absolute atomic E-state index is 12.6. The second-order valence-electron chi connectivity index (χ2n) is 3.67. The van der Waals surface area contributed by atoms with Crippen molar-refractivity contribution in [2.75, 3.05) is 7.05 Å². The number of hydrogen-bond donors (Lipinski definition) is 1. The number of halogens is 3. The molecule has 1 aliphatic rings. The van der Waals surface area contributed by atoms with Crippen molar-refractivity contribution in [2.24, 2.45) is 0 Å². The van der Waals surface area contributed by atoms with E-state index in [0.717, 1.165) is 6.08 Å². The molecule has 1 atom stereocenters. The van der Waals surface area contributed by atoms with Crippen LogP contribution in [0.15, 0.2) is 30.3 Å². The lowest BCUT2D eigenvalue weighted by Gasteiger charge is -2.20. The Balaban J connectivity index is 2.34. The number of aromatic hydroxyl groups is 1. The van der Waals surface area contributed by atoms with E-state index in [-0.39, 0.29) is 17.1 Å². The zero-order chi connectivity index (χ0) is 12.6. The van der Waals surface area contributed by atoms with Crippen LogP contribution < -0.4 is 0 Å². The molecule has 2 rings (SSSR count). The van der Waals surface area contributed by atoms with Gasteiger partial charge in [0.05, 0.1) is 5.56 Å². The van der Waals surface area contributed by atoms with E-state index in [1.807, 2.05) is 0 Å². The van der Waals surface area contributed by atoms with Gasteiger partial charge < -0.3 is 9.94 Å². The van der Waals surface area contributed by atoms with E-state index < -0.39 is 12.2 Å². The fourth-order valence-electron chi connectivity index (χ4n) is 1.61. The number of benzene rings is 1. The minimum Gasteiger partial charge on any atom is -0.507 e. The van der Waals surface area contributed by atoms with Crippen LogP contribution in [0.4, 0.5) is 13.2 Å². The number of hydroxylamine groups is 2. The predicted molar refractivity (Wildman–Crippen MR) is 54.8 cm³/mol. The summed E-state index contributed by atoms with van der Waals surface area (Å²) in [4.78, 5) is 4.98. The normalized spacial score (nSPS) is 21.2. The number of para-hydroxylation sites is 1. The number of alkyl halides is 3. The van der Waals surface area contributed by atoms with Crippen LogP contribution in [0.1, 0.15) is 5.56 Å².